The first kappa shape index (κ1) is 12.1. The number of hydrogen-bond acceptors (Lipinski definition) is 3. The molecule has 100 valence electrons. The third-order valence-electron chi connectivity index (χ3n) is 3.79. The normalized spacial score (nSPS) is 17.6. The van der Waals surface area contributed by atoms with Crippen LogP contribution in [0.25, 0.3) is 10.9 Å². The van der Waals surface area contributed by atoms with Gasteiger partial charge in [0.2, 0.25) is 0 Å². The van der Waals surface area contributed by atoms with Crippen LogP contribution in [0.5, 0.6) is 5.75 Å². The molecule has 0 spiro atoms. The minimum atomic E-state index is -0.137. The van der Waals surface area contributed by atoms with Gasteiger partial charge in [0.15, 0.2) is 0 Å². The fourth-order valence-electron chi connectivity index (χ4n) is 2.96. The van der Waals surface area contributed by atoms with E-state index >= 15 is 0 Å². The Kier molecular flexibility index (Phi) is 2.93. The molecule has 0 radical (unpaired) electrons. The second kappa shape index (κ2) is 4.61. The first-order valence-electron chi connectivity index (χ1n) is 6.68. The van der Waals surface area contributed by atoms with E-state index in [0.717, 1.165) is 29.4 Å². The number of carbonyl (C=O) groups is 1. The van der Waals surface area contributed by atoms with E-state index in [1.807, 2.05) is 13.0 Å². The van der Waals surface area contributed by atoms with Gasteiger partial charge in [0.1, 0.15) is 5.75 Å². The zero-order valence-corrected chi connectivity index (χ0v) is 10.9. The van der Waals surface area contributed by atoms with E-state index < -0.39 is 0 Å². The van der Waals surface area contributed by atoms with Crippen LogP contribution in [0.3, 0.4) is 0 Å². The lowest BCUT2D eigenvalue weighted by molar-refractivity contribution is -0.143. The number of phenols is 1. The average Bonchev–Trinajstić information content (AvgIpc) is 2.90. The number of hydrogen-bond donors (Lipinski definition) is 2. The van der Waals surface area contributed by atoms with Gasteiger partial charge in [-0.3, -0.25) is 4.79 Å². The Morgan fingerprint density at radius 3 is 3.16 bits per heavy atom. The van der Waals surface area contributed by atoms with Crippen molar-refractivity contribution in [3.63, 3.8) is 0 Å². The number of aromatic amines is 1. The molecule has 0 amide bonds. The van der Waals surface area contributed by atoms with E-state index in [2.05, 4.69) is 4.98 Å². The molecule has 2 N–H and O–H groups in total. The van der Waals surface area contributed by atoms with Crippen molar-refractivity contribution >= 4 is 16.9 Å². The zero-order valence-electron chi connectivity index (χ0n) is 10.9. The maximum absolute atomic E-state index is 11.6. The van der Waals surface area contributed by atoms with Gasteiger partial charge in [-0.05, 0) is 43.5 Å². The zero-order chi connectivity index (χ0) is 13.4. The lowest BCUT2D eigenvalue weighted by Crippen LogP contribution is -2.08. The largest absolute Gasteiger partial charge is 0.508 e. The van der Waals surface area contributed by atoms with Crippen LogP contribution >= 0.6 is 0 Å². The molecular weight excluding hydrogens is 242 g/mol. The number of esters is 1. The quantitative estimate of drug-likeness (QED) is 0.833. The number of H-pyrrole nitrogens is 1. The van der Waals surface area contributed by atoms with E-state index in [0.29, 0.717) is 13.0 Å². The SMILES string of the molecule is CCOC(=O)C[C@H]1CCc2c1[nH]c1ccc(O)cc21. The third kappa shape index (κ3) is 2.07. The Hall–Kier alpha value is -1.97. The summed E-state index contributed by atoms with van der Waals surface area (Å²) >= 11 is 0. The number of rotatable bonds is 3. The molecule has 4 heteroatoms. The van der Waals surface area contributed by atoms with Crippen molar-refractivity contribution in [1.29, 1.82) is 0 Å². The van der Waals surface area contributed by atoms with Crippen molar-refractivity contribution in [3.05, 3.63) is 29.5 Å². The molecule has 1 aliphatic carbocycles. The van der Waals surface area contributed by atoms with Crippen LogP contribution < -0.4 is 0 Å². The van der Waals surface area contributed by atoms with Crippen LogP contribution in [0.1, 0.15) is 36.9 Å². The lowest BCUT2D eigenvalue weighted by Gasteiger charge is -2.08. The van der Waals surface area contributed by atoms with Crippen molar-refractivity contribution in [3.8, 4) is 5.75 Å². The lowest BCUT2D eigenvalue weighted by atomic mass is 10.0. The molecule has 1 aliphatic rings. The van der Waals surface area contributed by atoms with Crippen molar-refractivity contribution in [2.24, 2.45) is 0 Å². The van der Waals surface area contributed by atoms with Crippen molar-refractivity contribution in [1.82, 2.24) is 4.98 Å². The van der Waals surface area contributed by atoms with E-state index in [1.54, 1.807) is 12.1 Å². The first-order valence-corrected chi connectivity index (χ1v) is 6.68. The van der Waals surface area contributed by atoms with Crippen LogP contribution in [-0.4, -0.2) is 22.7 Å². The Morgan fingerprint density at radius 1 is 1.53 bits per heavy atom. The molecular formula is C15H17NO3. The molecule has 0 bridgehead atoms. The molecule has 3 rings (SSSR count). The molecule has 1 heterocycles. The number of aromatic hydroxyl groups is 1. The average molecular weight is 259 g/mol. The van der Waals surface area contributed by atoms with Crippen LogP contribution in [0, 0.1) is 0 Å². The number of phenolic OH excluding ortho intramolecular Hbond substituents is 1. The minimum Gasteiger partial charge on any atom is -0.508 e. The van der Waals surface area contributed by atoms with Crippen LogP contribution in [-0.2, 0) is 16.0 Å². The van der Waals surface area contributed by atoms with Crippen LogP contribution in [0.2, 0.25) is 0 Å². The van der Waals surface area contributed by atoms with Gasteiger partial charge in [-0.15, -0.1) is 0 Å². The summed E-state index contributed by atoms with van der Waals surface area (Å²) in [4.78, 5) is 15.0. The summed E-state index contributed by atoms with van der Waals surface area (Å²) in [6.07, 6.45) is 2.34. The maximum atomic E-state index is 11.6. The maximum Gasteiger partial charge on any atom is 0.306 e. The van der Waals surface area contributed by atoms with Gasteiger partial charge in [0.05, 0.1) is 13.0 Å². The van der Waals surface area contributed by atoms with Gasteiger partial charge in [-0.2, -0.15) is 0 Å². The molecule has 0 unspecified atom stereocenters. The summed E-state index contributed by atoms with van der Waals surface area (Å²) in [5, 5.41) is 10.6. The molecule has 1 aromatic heterocycles. The van der Waals surface area contributed by atoms with Gasteiger partial charge >= 0.3 is 5.97 Å². The highest BCUT2D eigenvalue weighted by Gasteiger charge is 2.28. The van der Waals surface area contributed by atoms with E-state index in [-0.39, 0.29) is 17.6 Å². The van der Waals surface area contributed by atoms with E-state index in [4.69, 9.17) is 4.74 Å². The van der Waals surface area contributed by atoms with Gasteiger partial charge in [0.25, 0.3) is 0 Å². The van der Waals surface area contributed by atoms with Crippen LogP contribution in [0.15, 0.2) is 18.2 Å². The molecule has 0 saturated heterocycles. The molecule has 1 atom stereocenters. The predicted molar refractivity (Wildman–Crippen MR) is 72.3 cm³/mol. The molecule has 0 saturated carbocycles. The highest BCUT2D eigenvalue weighted by atomic mass is 16.5. The van der Waals surface area contributed by atoms with E-state index in [1.165, 1.54) is 5.56 Å². The van der Waals surface area contributed by atoms with Gasteiger partial charge < -0.3 is 14.8 Å². The number of nitrogens with one attached hydrogen (secondary N) is 1. The van der Waals surface area contributed by atoms with Gasteiger partial charge in [0, 0.05) is 22.5 Å². The minimum absolute atomic E-state index is 0.137. The highest BCUT2D eigenvalue weighted by Crippen LogP contribution is 2.40. The number of aromatic nitrogens is 1. The van der Waals surface area contributed by atoms with E-state index in [9.17, 15) is 9.90 Å². The number of carbonyl (C=O) groups excluding carboxylic acids is 1. The second-order valence-electron chi connectivity index (χ2n) is 4.99. The van der Waals surface area contributed by atoms with Crippen molar-refractivity contribution in [2.45, 2.75) is 32.1 Å². The number of aryl methyl sites for hydroxylation is 1. The summed E-state index contributed by atoms with van der Waals surface area (Å²) in [7, 11) is 0. The summed E-state index contributed by atoms with van der Waals surface area (Å²) in [5.41, 5.74) is 3.39. The second-order valence-corrected chi connectivity index (χ2v) is 4.99. The Bertz CT molecular complexity index is 630. The highest BCUT2D eigenvalue weighted by molar-refractivity contribution is 5.87. The van der Waals surface area contributed by atoms with Gasteiger partial charge in [-0.1, -0.05) is 0 Å². The summed E-state index contributed by atoms with van der Waals surface area (Å²) in [5.74, 6) is 0.355. The molecule has 0 fully saturated rings. The number of ether oxygens (including phenoxy) is 1. The van der Waals surface area contributed by atoms with Crippen molar-refractivity contribution < 1.29 is 14.6 Å². The summed E-state index contributed by atoms with van der Waals surface area (Å²) in [6.45, 7) is 2.25. The molecule has 2 aromatic rings. The first-order chi connectivity index (χ1) is 9.19. The molecule has 19 heavy (non-hydrogen) atoms. The fraction of sp³-hybridized carbons (Fsp3) is 0.400. The Balaban J connectivity index is 1.92. The van der Waals surface area contributed by atoms with Crippen molar-refractivity contribution in [2.75, 3.05) is 6.61 Å². The number of benzene rings is 1. The number of fused-ring (bicyclic) bond motifs is 3. The summed E-state index contributed by atoms with van der Waals surface area (Å²) in [6, 6.07) is 5.34. The van der Waals surface area contributed by atoms with Crippen LogP contribution in [0.4, 0.5) is 0 Å². The third-order valence-corrected chi connectivity index (χ3v) is 3.79. The van der Waals surface area contributed by atoms with Gasteiger partial charge in [-0.25, -0.2) is 0 Å². The predicted octanol–water partition coefficient (Wildman–Crippen LogP) is 2.86. The molecule has 1 aromatic carbocycles. The Labute approximate surface area is 111 Å². The standard InChI is InChI=1S/C15H17NO3/c1-2-19-14(18)7-9-3-5-11-12-8-10(17)4-6-13(12)16-15(9)11/h4,6,8-9,16-17H,2-3,5,7H2,1H3/t9-/m1/s1. The summed E-state index contributed by atoms with van der Waals surface area (Å²) < 4.78 is 5.02. The molecule has 4 nitrogen and oxygen atoms in total. The smallest absolute Gasteiger partial charge is 0.306 e. The monoisotopic (exact) mass is 259 g/mol. The fourth-order valence-corrected chi connectivity index (χ4v) is 2.96. The Morgan fingerprint density at radius 2 is 2.37 bits per heavy atom. The topological polar surface area (TPSA) is 62.3 Å². The molecule has 0 aliphatic heterocycles.